The number of urea groups is 1. The number of carbonyl (C=O) groups is 4. The number of fused-ring (bicyclic) bond motifs is 1. The van der Waals surface area contributed by atoms with Crippen LogP contribution >= 0.6 is 0 Å². The molecule has 2 aromatic carbocycles. The molecule has 160 valence electrons. The average molecular weight is 425 g/mol. The summed E-state index contributed by atoms with van der Waals surface area (Å²) in [6.07, 6.45) is 0.299. The molecule has 0 fully saturated rings. The summed E-state index contributed by atoms with van der Waals surface area (Å²) in [5, 5.41) is 18.7. The lowest BCUT2D eigenvalue weighted by atomic mass is 10.1. The van der Waals surface area contributed by atoms with Crippen molar-refractivity contribution in [3.8, 4) is 0 Å². The van der Waals surface area contributed by atoms with Crippen LogP contribution in [-0.2, 0) is 4.79 Å². The molecule has 1 aliphatic rings. The van der Waals surface area contributed by atoms with E-state index >= 15 is 0 Å². The van der Waals surface area contributed by atoms with Crippen LogP contribution in [-0.4, -0.2) is 46.7 Å². The second-order valence-corrected chi connectivity index (χ2v) is 6.75. The Labute approximate surface area is 176 Å². The van der Waals surface area contributed by atoms with Gasteiger partial charge in [0.15, 0.2) is 0 Å². The first-order valence-corrected chi connectivity index (χ1v) is 9.33. The zero-order valence-corrected chi connectivity index (χ0v) is 16.5. The number of nitro benzene ring substituents is 1. The summed E-state index contributed by atoms with van der Waals surface area (Å²) in [6.45, 7) is 1.62. The van der Waals surface area contributed by atoms with Gasteiger partial charge in [0, 0.05) is 43.5 Å². The van der Waals surface area contributed by atoms with Crippen LogP contribution in [0.4, 0.5) is 21.9 Å². The van der Waals surface area contributed by atoms with Crippen LogP contribution in [0.1, 0.15) is 34.1 Å². The van der Waals surface area contributed by atoms with Crippen molar-refractivity contribution >= 4 is 40.8 Å². The largest absolute Gasteiger partial charge is 0.338 e. The van der Waals surface area contributed by atoms with Crippen molar-refractivity contribution in [2.45, 2.75) is 13.3 Å². The first-order valence-electron chi connectivity index (χ1n) is 9.33. The molecule has 0 atom stereocenters. The maximum atomic E-state index is 12.4. The van der Waals surface area contributed by atoms with Gasteiger partial charge >= 0.3 is 6.03 Å². The molecule has 1 aliphatic heterocycles. The highest BCUT2D eigenvalue weighted by molar-refractivity contribution is 6.21. The normalized spacial score (nSPS) is 12.4. The lowest BCUT2D eigenvalue weighted by Crippen LogP contribution is -2.35. The fourth-order valence-electron chi connectivity index (χ4n) is 3.09. The Morgan fingerprint density at radius 3 is 2.35 bits per heavy atom. The molecule has 3 N–H and O–H groups in total. The summed E-state index contributed by atoms with van der Waals surface area (Å²) < 4.78 is 0. The summed E-state index contributed by atoms with van der Waals surface area (Å²) in [7, 11) is 0. The van der Waals surface area contributed by atoms with Gasteiger partial charge in [-0.25, -0.2) is 4.79 Å². The molecular weight excluding hydrogens is 406 g/mol. The molecule has 2 aromatic rings. The minimum absolute atomic E-state index is 0.00366. The standard InChI is InChI=1S/C20H19N5O6/c1-12(26)22-13-4-2-5-14(10-13)23-20(29)21-8-3-9-24-18(27)16-7-6-15(25(30)31)11-17(16)19(24)28/h2,4-7,10-11H,3,8-9H2,1H3,(H,22,26)(H2,21,23,29). The van der Waals surface area contributed by atoms with Crippen LogP contribution in [0.15, 0.2) is 42.5 Å². The maximum Gasteiger partial charge on any atom is 0.319 e. The Balaban J connectivity index is 1.49. The van der Waals surface area contributed by atoms with Crippen molar-refractivity contribution in [2.24, 2.45) is 0 Å². The zero-order chi connectivity index (χ0) is 22.5. The second-order valence-electron chi connectivity index (χ2n) is 6.75. The molecule has 0 aliphatic carbocycles. The summed E-state index contributed by atoms with van der Waals surface area (Å²) in [5.74, 6) is -1.35. The number of benzene rings is 2. The molecule has 0 saturated heterocycles. The molecule has 0 aromatic heterocycles. The first-order chi connectivity index (χ1) is 14.8. The molecule has 0 spiro atoms. The molecule has 31 heavy (non-hydrogen) atoms. The van der Waals surface area contributed by atoms with Crippen LogP contribution < -0.4 is 16.0 Å². The molecular formula is C20H19N5O6. The van der Waals surface area contributed by atoms with Crippen molar-refractivity contribution in [2.75, 3.05) is 23.7 Å². The lowest BCUT2D eigenvalue weighted by molar-refractivity contribution is -0.384. The topological polar surface area (TPSA) is 151 Å². The SMILES string of the molecule is CC(=O)Nc1cccc(NC(=O)NCCCN2C(=O)c3ccc([N+](=O)[O-])cc3C2=O)c1. The van der Waals surface area contributed by atoms with E-state index in [0.29, 0.717) is 17.8 Å². The van der Waals surface area contributed by atoms with Gasteiger partial charge in [-0.2, -0.15) is 0 Å². The van der Waals surface area contributed by atoms with E-state index < -0.39 is 22.8 Å². The van der Waals surface area contributed by atoms with E-state index in [1.165, 1.54) is 19.1 Å². The minimum atomic E-state index is -0.630. The fourth-order valence-corrected chi connectivity index (χ4v) is 3.09. The Bertz CT molecular complexity index is 1080. The minimum Gasteiger partial charge on any atom is -0.338 e. The fraction of sp³-hybridized carbons (Fsp3) is 0.200. The third-order valence-corrected chi connectivity index (χ3v) is 4.45. The molecule has 0 radical (unpaired) electrons. The highest BCUT2D eigenvalue weighted by Crippen LogP contribution is 2.26. The zero-order valence-electron chi connectivity index (χ0n) is 16.5. The van der Waals surface area contributed by atoms with E-state index in [1.807, 2.05) is 0 Å². The first kappa shape index (κ1) is 21.4. The Morgan fingerprint density at radius 2 is 1.68 bits per heavy atom. The van der Waals surface area contributed by atoms with Crippen LogP contribution in [0, 0.1) is 10.1 Å². The highest BCUT2D eigenvalue weighted by atomic mass is 16.6. The van der Waals surface area contributed by atoms with Gasteiger partial charge in [0.2, 0.25) is 5.91 Å². The molecule has 5 amide bonds. The predicted molar refractivity (Wildman–Crippen MR) is 111 cm³/mol. The number of non-ortho nitro benzene ring substituents is 1. The van der Waals surface area contributed by atoms with Crippen molar-refractivity contribution < 1.29 is 24.1 Å². The van der Waals surface area contributed by atoms with E-state index in [4.69, 9.17) is 0 Å². The quantitative estimate of drug-likeness (QED) is 0.268. The molecule has 1 heterocycles. The van der Waals surface area contributed by atoms with Gasteiger partial charge in [0.05, 0.1) is 16.1 Å². The number of nitrogens with one attached hydrogen (secondary N) is 3. The van der Waals surface area contributed by atoms with Gasteiger partial charge in [0.1, 0.15) is 0 Å². The van der Waals surface area contributed by atoms with Gasteiger partial charge < -0.3 is 16.0 Å². The van der Waals surface area contributed by atoms with Gasteiger partial charge in [0.25, 0.3) is 17.5 Å². The van der Waals surface area contributed by atoms with Gasteiger partial charge in [-0.3, -0.25) is 29.4 Å². The van der Waals surface area contributed by atoms with Crippen LogP contribution in [0.3, 0.4) is 0 Å². The highest BCUT2D eigenvalue weighted by Gasteiger charge is 2.36. The number of hydrogen-bond donors (Lipinski definition) is 3. The molecule has 11 heteroatoms. The lowest BCUT2D eigenvalue weighted by Gasteiger charge is -2.14. The predicted octanol–water partition coefficient (Wildman–Crippen LogP) is 2.36. The molecule has 11 nitrogen and oxygen atoms in total. The maximum absolute atomic E-state index is 12.4. The van der Waals surface area contributed by atoms with E-state index in [9.17, 15) is 29.3 Å². The summed E-state index contributed by atoms with van der Waals surface area (Å²) in [4.78, 5) is 59.2. The molecule has 0 bridgehead atoms. The van der Waals surface area contributed by atoms with Crippen molar-refractivity contribution in [1.82, 2.24) is 10.2 Å². The van der Waals surface area contributed by atoms with E-state index in [1.54, 1.807) is 24.3 Å². The third-order valence-electron chi connectivity index (χ3n) is 4.45. The Morgan fingerprint density at radius 1 is 1.00 bits per heavy atom. The third kappa shape index (κ3) is 5.01. The van der Waals surface area contributed by atoms with E-state index in [-0.39, 0.29) is 35.8 Å². The average Bonchev–Trinajstić information content (AvgIpc) is 2.95. The number of imide groups is 1. The van der Waals surface area contributed by atoms with Gasteiger partial charge in [-0.1, -0.05) is 6.07 Å². The summed E-state index contributed by atoms with van der Waals surface area (Å²) >= 11 is 0. The second kappa shape index (κ2) is 9.03. The van der Waals surface area contributed by atoms with Crippen molar-refractivity contribution in [3.63, 3.8) is 0 Å². The van der Waals surface area contributed by atoms with Crippen molar-refractivity contribution in [3.05, 3.63) is 63.7 Å². The number of hydrogen-bond acceptors (Lipinski definition) is 6. The number of carbonyl (C=O) groups excluding carboxylic acids is 4. The molecule has 0 saturated carbocycles. The molecule has 0 unspecified atom stereocenters. The van der Waals surface area contributed by atoms with Crippen LogP contribution in [0.2, 0.25) is 0 Å². The number of nitrogens with zero attached hydrogens (tertiary/aromatic N) is 2. The number of anilines is 2. The Hall–Kier alpha value is -4.28. The van der Waals surface area contributed by atoms with Crippen LogP contribution in [0.25, 0.3) is 0 Å². The molecule has 3 rings (SSSR count). The summed E-state index contributed by atoms with van der Waals surface area (Å²) in [5.41, 5.74) is 0.883. The van der Waals surface area contributed by atoms with E-state index in [0.717, 1.165) is 11.0 Å². The number of amides is 5. The smallest absolute Gasteiger partial charge is 0.319 e. The van der Waals surface area contributed by atoms with Crippen LogP contribution in [0.5, 0.6) is 0 Å². The van der Waals surface area contributed by atoms with Gasteiger partial charge in [-0.05, 0) is 30.7 Å². The Kier molecular flexibility index (Phi) is 6.24. The number of nitro groups is 1. The van der Waals surface area contributed by atoms with E-state index in [2.05, 4.69) is 16.0 Å². The van der Waals surface area contributed by atoms with Gasteiger partial charge in [-0.15, -0.1) is 0 Å². The van der Waals surface area contributed by atoms with Crippen molar-refractivity contribution in [1.29, 1.82) is 0 Å². The summed E-state index contributed by atoms with van der Waals surface area (Å²) in [6, 6.07) is 9.67. The monoisotopic (exact) mass is 425 g/mol. The number of rotatable bonds is 7.